The fraction of sp³-hybridized carbons (Fsp3) is 0.400. The third kappa shape index (κ3) is 3.91. The minimum Gasteiger partial charge on any atom is -0.339 e. The van der Waals surface area contributed by atoms with E-state index >= 15 is 0 Å². The molecule has 25 heavy (non-hydrogen) atoms. The summed E-state index contributed by atoms with van der Waals surface area (Å²) in [6.07, 6.45) is 6.64. The van der Waals surface area contributed by atoms with E-state index in [4.69, 9.17) is 0 Å². The van der Waals surface area contributed by atoms with Crippen molar-refractivity contribution in [2.45, 2.75) is 11.4 Å². The number of aryl methyl sites for hydroxylation is 1. The van der Waals surface area contributed by atoms with Crippen molar-refractivity contribution in [2.24, 2.45) is 7.05 Å². The van der Waals surface area contributed by atoms with Crippen LogP contribution >= 0.6 is 15.9 Å². The number of halogens is 1. The highest BCUT2D eigenvalue weighted by atomic mass is 79.9. The molecule has 2 aromatic rings. The lowest BCUT2D eigenvalue weighted by Gasteiger charge is -2.21. The highest BCUT2D eigenvalue weighted by Gasteiger charge is 2.30. The first-order chi connectivity index (χ1) is 11.9. The summed E-state index contributed by atoms with van der Waals surface area (Å²) >= 11 is 3.30. The largest absolute Gasteiger partial charge is 0.339 e. The summed E-state index contributed by atoms with van der Waals surface area (Å²) in [7, 11) is -1.92. The van der Waals surface area contributed by atoms with Gasteiger partial charge in [-0.1, -0.05) is 0 Å². The molecule has 0 atom stereocenters. The lowest BCUT2D eigenvalue weighted by Crippen LogP contribution is -2.37. The van der Waals surface area contributed by atoms with Gasteiger partial charge in [0.1, 0.15) is 0 Å². The fourth-order valence-electron chi connectivity index (χ4n) is 2.70. The van der Waals surface area contributed by atoms with Crippen molar-refractivity contribution in [3.63, 3.8) is 0 Å². The zero-order valence-corrected chi connectivity index (χ0v) is 16.1. The average molecular weight is 428 g/mol. The topological polar surface area (TPSA) is 88.4 Å². The van der Waals surface area contributed by atoms with E-state index in [1.165, 1.54) is 23.0 Å². The minimum absolute atomic E-state index is 0.0333. The Bertz CT molecular complexity index is 883. The monoisotopic (exact) mass is 427 g/mol. The Labute approximate surface area is 154 Å². The highest BCUT2D eigenvalue weighted by molar-refractivity contribution is 9.10. The van der Waals surface area contributed by atoms with E-state index in [0.29, 0.717) is 31.6 Å². The maximum absolute atomic E-state index is 12.7. The number of imidazole rings is 1. The summed E-state index contributed by atoms with van der Waals surface area (Å²) in [5.74, 6) is -0.147. The standard InChI is InChI=1S/C15H18BrN5O3S/c1-19-10-14(18-11-19)25(23,24)21-4-2-3-20(5-6-21)15(22)12-7-13(16)9-17-8-12/h7-11H,2-6H2,1H3. The van der Waals surface area contributed by atoms with E-state index in [2.05, 4.69) is 25.9 Å². The molecule has 2 aromatic heterocycles. The van der Waals surface area contributed by atoms with E-state index in [-0.39, 0.29) is 17.5 Å². The van der Waals surface area contributed by atoms with Gasteiger partial charge in [-0.3, -0.25) is 9.78 Å². The number of carbonyl (C=O) groups is 1. The van der Waals surface area contributed by atoms with Gasteiger partial charge < -0.3 is 9.47 Å². The van der Waals surface area contributed by atoms with Crippen LogP contribution in [-0.2, 0) is 17.1 Å². The van der Waals surface area contributed by atoms with E-state index in [9.17, 15) is 13.2 Å². The van der Waals surface area contributed by atoms with Crippen molar-refractivity contribution in [1.29, 1.82) is 0 Å². The van der Waals surface area contributed by atoms with E-state index in [1.54, 1.807) is 28.8 Å². The van der Waals surface area contributed by atoms with Crippen LogP contribution in [0.3, 0.4) is 0 Å². The van der Waals surface area contributed by atoms with Gasteiger partial charge in [-0.25, -0.2) is 13.4 Å². The second kappa shape index (κ2) is 7.22. The molecule has 10 heteroatoms. The Morgan fingerprint density at radius 3 is 2.68 bits per heavy atom. The van der Waals surface area contributed by atoms with Gasteiger partial charge in [-0.05, 0) is 28.4 Å². The summed E-state index contributed by atoms with van der Waals surface area (Å²) in [5.41, 5.74) is 0.482. The molecule has 0 unspecified atom stereocenters. The summed E-state index contributed by atoms with van der Waals surface area (Å²) in [6, 6.07) is 1.71. The SMILES string of the molecule is Cn1cnc(S(=O)(=O)N2CCCN(C(=O)c3cncc(Br)c3)CC2)c1. The van der Waals surface area contributed by atoms with Crippen molar-refractivity contribution in [3.8, 4) is 0 Å². The van der Waals surface area contributed by atoms with Crippen molar-refractivity contribution < 1.29 is 13.2 Å². The van der Waals surface area contributed by atoms with Crippen molar-refractivity contribution in [1.82, 2.24) is 23.7 Å². The Kier molecular flexibility index (Phi) is 5.21. The number of nitrogens with zero attached hydrogens (tertiary/aromatic N) is 5. The van der Waals surface area contributed by atoms with Gasteiger partial charge in [0, 0.05) is 56.3 Å². The first-order valence-corrected chi connectivity index (χ1v) is 9.99. The van der Waals surface area contributed by atoms with Crippen LogP contribution in [0, 0.1) is 0 Å². The van der Waals surface area contributed by atoms with Gasteiger partial charge >= 0.3 is 0 Å². The molecule has 1 amide bonds. The molecule has 0 spiro atoms. The fourth-order valence-corrected chi connectivity index (χ4v) is 4.50. The molecule has 0 aliphatic carbocycles. The van der Waals surface area contributed by atoms with Crippen LogP contribution in [0.15, 0.2) is 40.5 Å². The number of sulfonamides is 1. The Balaban J connectivity index is 1.73. The molecule has 0 N–H and O–H groups in total. The lowest BCUT2D eigenvalue weighted by atomic mass is 10.2. The van der Waals surface area contributed by atoms with Crippen LogP contribution in [0.1, 0.15) is 16.8 Å². The van der Waals surface area contributed by atoms with E-state index in [0.717, 1.165) is 4.47 Å². The molecule has 8 nitrogen and oxygen atoms in total. The van der Waals surface area contributed by atoms with Crippen LogP contribution in [0.4, 0.5) is 0 Å². The lowest BCUT2D eigenvalue weighted by molar-refractivity contribution is 0.0763. The Hall–Kier alpha value is -1.78. The van der Waals surface area contributed by atoms with Gasteiger partial charge in [0.2, 0.25) is 0 Å². The number of pyridine rings is 1. The highest BCUT2D eigenvalue weighted by Crippen LogP contribution is 2.17. The van der Waals surface area contributed by atoms with Crippen LogP contribution < -0.4 is 0 Å². The first-order valence-electron chi connectivity index (χ1n) is 7.76. The molecule has 1 fully saturated rings. The summed E-state index contributed by atoms with van der Waals surface area (Å²) in [4.78, 5) is 22.2. The second-order valence-corrected chi connectivity index (χ2v) is 8.62. The summed E-state index contributed by atoms with van der Waals surface area (Å²) < 4.78 is 29.1. The predicted octanol–water partition coefficient (Wildman–Crippen LogP) is 1.11. The van der Waals surface area contributed by atoms with Crippen molar-refractivity contribution in [2.75, 3.05) is 26.2 Å². The molecular weight excluding hydrogens is 410 g/mol. The average Bonchev–Trinajstić information content (AvgIpc) is 2.87. The number of hydrogen-bond donors (Lipinski definition) is 0. The second-order valence-electron chi connectivity index (χ2n) is 5.82. The molecule has 3 rings (SSSR count). The molecule has 0 radical (unpaired) electrons. The van der Waals surface area contributed by atoms with E-state index in [1.807, 2.05) is 0 Å². The maximum atomic E-state index is 12.7. The van der Waals surface area contributed by atoms with Gasteiger partial charge in [0.25, 0.3) is 15.9 Å². The maximum Gasteiger partial charge on any atom is 0.262 e. The van der Waals surface area contributed by atoms with Gasteiger partial charge in [-0.2, -0.15) is 4.31 Å². The third-order valence-corrected chi connectivity index (χ3v) is 6.20. The molecule has 0 bridgehead atoms. The quantitative estimate of drug-likeness (QED) is 0.731. The molecule has 1 aliphatic heterocycles. The molecule has 3 heterocycles. The van der Waals surface area contributed by atoms with Crippen LogP contribution in [-0.4, -0.2) is 64.2 Å². The van der Waals surface area contributed by atoms with Crippen LogP contribution in [0.25, 0.3) is 0 Å². The number of aromatic nitrogens is 3. The van der Waals surface area contributed by atoms with Gasteiger partial charge in [0.05, 0.1) is 11.9 Å². The molecule has 1 saturated heterocycles. The van der Waals surface area contributed by atoms with Gasteiger partial charge in [0.15, 0.2) is 5.03 Å². The molecule has 1 aliphatic rings. The molecule has 134 valence electrons. The van der Waals surface area contributed by atoms with Crippen LogP contribution in [0.2, 0.25) is 0 Å². The number of hydrogen-bond acceptors (Lipinski definition) is 5. The van der Waals surface area contributed by atoms with Crippen molar-refractivity contribution >= 4 is 31.9 Å². The number of amides is 1. The summed E-state index contributed by atoms with van der Waals surface area (Å²) in [6.45, 7) is 1.43. The Morgan fingerprint density at radius 1 is 1.20 bits per heavy atom. The van der Waals surface area contributed by atoms with E-state index < -0.39 is 10.0 Å². The molecule has 0 aromatic carbocycles. The third-order valence-electron chi connectivity index (χ3n) is 3.98. The van der Waals surface area contributed by atoms with Gasteiger partial charge in [-0.15, -0.1) is 0 Å². The van der Waals surface area contributed by atoms with Crippen molar-refractivity contribution in [3.05, 3.63) is 41.0 Å². The predicted molar refractivity (Wildman–Crippen MR) is 94.4 cm³/mol. The minimum atomic E-state index is -3.64. The van der Waals surface area contributed by atoms with Crippen LogP contribution in [0.5, 0.6) is 0 Å². The zero-order chi connectivity index (χ0) is 18.0. The normalized spacial score (nSPS) is 16.6. The zero-order valence-electron chi connectivity index (χ0n) is 13.7. The Morgan fingerprint density at radius 2 is 2.00 bits per heavy atom. The number of carbonyl (C=O) groups excluding carboxylic acids is 1. The molecule has 0 saturated carbocycles. The smallest absolute Gasteiger partial charge is 0.262 e. The molecular formula is C15H18BrN5O3S. The first kappa shape index (κ1) is 18.0. The number of rotatable bonds is 3. The summed E-state index contributed by atoms with van der Waals surface area (Å²) in [5, 5.41) is 0.0333.